The van der Waals surface area contributed by atoms with E-state index >= 15 is 0 Å². The third kappa shape index (κ3) is 3.32. The molecule has 1 unspecified atom stereocenters. The predicted molar refractivity (Wildman–Crippen MR) is 74.4 cm³/mol. The highest BCUT2D eigenvalue weighted by Gasteiger charge is 2.15. The summed E-state index contributed by atoms with van der Waals surface area (Å²) in [6.07, 6.45) is 4.71. The van der Waals surface area contributed by atoms with Crippen LogP contribution in [0.5, 0.6) is 0 Å². The van der Waals surface area contributed by atoms with E-state index in [1.54, 1.807) is 0 Å². The molecule has 1 N–H and O–H groups in total. The first kappa shape index (κ1) is 14.2. The molecule has 0 radical (unpaired) electrons. The van der Waals surface area contributed by atoms with Crippen LogP contribution in [0, 0.1) is 0 Å². The normalized spacial score (nSPS) is 12.8. The lowest BCUT2D eigenvalue weighted by atomic mass is 9.89. The Morgan fingerprint density at radius 2 is 1.47 bits per heavy atom. The van der Waals surface area contributed by atoms with Crippen LogP contribution in [-0.4, -0.2) is 5.11 Å². The van der Waals surface area contributed by atoms with Crippen LogP contribution in [0.4, 0.5) is 0 Å². The van der Waals surface area contributed by atoms with E-state index in [1.165, 1.54) is 22.3 Å². The SMILES string of the molecule is CCCC(O)c1c(CC)cc(CC)cc1CC. The minimum Gasteiger partial charge on any atom is -0.388 e. The fourth-order valence-corrected chi connectivity index (χ4v) is 2.49. The molecular formula is C16H26O. The first-order valence-corrected chi connectivity index (χ1v) is 7.00. The average Bonchev–Trinajstić information content (AvgIpc) is 2.37. The van der Waals surface area contributed by atoms with Gasteiger partial charge in [0.15, 0.2) is 0 Å². The topological polar surface area (TPSA) is 20.2 Å². The second kappa shape index (κ2) is 6.80. The molecule has 1 rings (SSSR count). The minimum absolute atomic E-state index is 0.282. The molecule has 1 aromatic carbocycles. The summed E-state index contributed by atoms with van der Waals surface area (Å²) in [7, 11) is 0. The molecule has 0 aliphatic heterocycles. The lowest BCUT2D eigenvalue weighted by Gasteiger charge is -2.20. The molecule has 1 heteroatoms. The molecule has 0 saturated heterocycles. The van der Waals surface area contributed by atoms with Crippen LogP contribution in [0.3, 0.4) is 0 Å². The Morgan fingerprint density at radius 3 is 1.82 bits per heavy atom. The minimum atomic E-state index is -0.282. The molecule has 1 atom stereocenters. The summed E-state index contributed by atoms with van der Waals surface area (Å²) < 4.78 is 0. The Kier molecular flexibility index (Phi) is 5.70. The van der Waals surface area contributed by atoms with Crippen LogP contribution in [0.1, 0.15) is 68.9 Å². The van der Waals surface area contributed by atoms with Gasteiger partial charge in [-0.3, -0.25) is 0 Å². The average molecular weight is 234 g/mol. The van der Waals surface area contributed by atoms with E-state index in [1.807, 2.05) is 0 Å². The number of aliphatic hydroxyl groups excluding tert-OH is 1. The lowest BCUT2D eigenvalue weighted by Crippen LogP contribution is -2.07. The summed E-state index contributed by atoms with van der Waals surface area (Å²) in [5, 5.41) is 10.3. The molecule has 17 heavy (non-hydrogen) atoms. The van der Waals surface area contributed by atoms with Gasteiger partial charge in [-0.05, 0) is 47.9 Å². The zero-order valence-corrected chi connectivity index (χ0v) is 11.7. The number of hydrogen-bond acceptors (Lipinski definition) is 1. The number of benzene rings is 1. The third-order valence-corrected chi connectivity index (χ3v) is 3.48. The Labute approximate surface area is 106 Å². The van der Waals surface area contributed by atoms with Gasteiger partial charge in [0.25, 0.3) is 0 Å². The van der Waals surface area contributed by atoms with Crippen molar-refractivity contribution in [3.05, 3.63) is 34.4 Å². The van der Waals surface area contributed by atoms with Crippen molar-refractivity contribution in [1.29, 1.82) is 0 Å². The maximum Gasteiger partial charge on any atom is 0.0795 e. The maximum absolute atomic E-state index is 10.3. The van der Waals surface area contributed by atoms with Crippen molar-refractivity contribution >= 4 is 0 Å². The second-order valence-electron chi connectivity index (χ2n) is 4.69. The molecule has 0 saturated carbocycles. The molecule has 0 spiro atoms. The van der Waals surface area contributed by atoms with Gasteiger partial charge in [0.2, 0.25) is 0 Å². The summed E-state index contributed by atoms with van der Waals surface area (Å²) in [5.74, 6) is 0. The van der Waals surface area contributed by atoms with Gasteiger partial charge in [-0.25, -0.2) is 0 Å². The van der Waals surface area contributed by atoms with Gasteiger partial charge >= 0.3 is 0 Å². The van der Waals surface area contributed by atoms with Crippen LogP contribution in [-0.2, 0) is 19.3 Å². The molecule has 96 valence electrons. The zero-order chi connectivity index (χ0) is 12.8. The smallest absolute Gasteiger partial charge is 0.0795 e. The highest BCUT2D eigenvalue weighted by molar-refractivity contribution is 5.41. The number of aliphatic hydroxyl groups is 1. The second-order valence-corrected chi connectivity index (χ2v) is 4.69. The summed E-state index contributed by atoms with van der Waals surface area (Å²) in [6.45, 7) is 8.67. The van der Waals surface area contributed by atoms with Crippen LogP contribution in [0.2, 0.25) is 0 Å². The zero-order valence-electron chi connectivity index (χ0n) is 11.7. The van der Waals surface area contributed by atoms with Crippen molar-refractivity contribution in [2.24, 2.45) is 0 Å². The van der Waals surface area contributed by atoms with Crippen molar-refractivity contribution < 1.29 is 5.11 Å². The van der Waals surface area contributed by atoms with E-state index in [4.69, 9.17) is 0 Å². The molecule has 0 amide bonds. The van der Waals surface area contributed by atoms with Gasteiger partial charge in [0, 0.05) is 0 Å². The summed E-state index contributed by atoms with van der Waals surface area (Å²) >= 11 is 0. The quantitative estimate of drug-likeness (QED) is 0.782. The van der Waals surface area contributed by atoms with Crippen LogP contribution in [0.25, 0.3) is 0 Å². The molecule has 1 nitrogen and oxygen atoms in total. The lowest BCUT2D eigenvalue weighted by molar-refractivity contribution is 0.164. The van der Waals surface area contributed by atoms with Crippen molar-refractivity contribution in [3.63, 3.8) is 0 Å². The van der Waals surface area contributed by atoms with Crippen LogP contribution in [0.15, 0.2) is 12.1 Å². The molecule has 0 aliphatic rings. The molecule has 0 aliphatic carbocycles. The van der Waals surface area contributed by atoms with E-state index in [0.717, 1.165) is 32.1 Å². The Hall–Kier alpha value is -0.820. The summed E-state index contributed by atoms with van der Waals surface area (Å²) in [4.78, 5) is 0. The highest BCUT2D eigenvalue weighted by Crippen LogP contribution is 2.28. The molecular weight excluding hydrogens is 208 g/mol. The standard InChI is InChI=1S/C16H26O/c1-5-9-15(17)16-13(7-3)10-12(6-2)11-14(16)8-4/h10-11,15,17H,5-9H2,1-4H3. The molecule has 1 aromatic rings. The van der Waals surface area contributed by atoms with Gasteiger partial charge in [-0.15, -0.1) is 0 Å². The monoisotopic (exact) mass is 234 g/mol. The first-order chi connectivity index (χ1) is 8.17. The third-order valence-electron chi connectivity index (χ3n) is 3.48. The van der Waals surface area contributed by atoms with Crippen molar-refractivity contribution in [1.82, 2.24) is 0 Å². The predicted octanol–water partition coefficient (Wildman–Crippen LogP) is 4.21. The van der Waals surface area contributed by atoms with Gasteiger partial charge < -0.3 is 5.11 Å². The highest BCUT2D eigenvalue weighted by atomic mass is 16.3. The Balaban J connectivity index is 3.23. The van der Waals surface area contributed by atoms with Crippen molar-refractivity contribution in [2.45, 2.75) is 65.9 Å². The molecule has 0 fully saturated rings. The summed E-state index contributed by atoms with van der Waals surface area (Å²) in [6, 6.07) is 4.54. The van der Waals surface area contributed by atoms with Gasteiger partial charge in [0.05, 0.1) is 6.10 Å². The van der Waals surface area contributed by atoms with Crippen molar-refractivity contribution in [2.75, 3.05) is 0 Å². The first-order valence-electron chi connectivity index (χ1n) is 7.00. The maximum atomic E-state index is 10.3. The number of hydrogen-bond donors (Lipinski definition) is 1. The molecule has 0 aromatic heterocycles. The van der Waals surface area contributed by atoms with E-state index < -0.39 is 0 Å². The largest absolute Gasteiger partial charge is 0.388 e. The van der Waals surface area contributed by atoms with E-state index in [2.05, 4.69) is 39.8 Å². The molecule has 0 bridgehead atoms. The van der Waals surface area contributed by atoms with Crippen LogP contribution >= 0.6 is 0 Å². The Morgan fingerprint density at radius 1 is 0.941 bits per heavy atom. The van der Waals surface area contributed by atoms with Crippen molar-refractivity contribution in [3.8, 4) is 0 Å². The van der Waals surface area contributed by atoms with Crippen LogP contribution < -0.4 is 0 Å². The van der Waals surface area contributed by atoms with Gasteiger partial charge in [-0.1, -0.05) is 46.2 Å². The fraction of sp³-hybridized carbons (Fsp3) is 0.625. The summed E-state index contributed by atoms with van der Waals surface area (Å²) in [5.41, 5.74) is 5.27. The van der Waals surface area contributed by atoms with Gasteiger partial charge in [0.1, 0.15) is 0 Å². The molecule has 0 heterocycles. The van der Waals surface area contributed by atoms with Gasteiger partial charge in [-0.2, -0.15) is 0 Å². The van der Waals surface area contributed by atoms with E-state index in [0.29, 0.717) is 0 Å². The number of rotatable bonds is 6. The number of aryl methyl sites for hydroxylation is 3. The van der Waals surface area contributed by atoms with E-state index in [-0.39, 0.29) is 6.10 Å². The fourth-order valence-electron chi connectivity index (χ4n) is 2.49. The van der Waals surface area contributed by atoms with E-state index in [9.17, 15) is 5.11 Å². The Bertz CT molecular complexity index is 330.